The maximum atomic E-state index is 12.6. The van der Waals surface area contributed by atoms with Gasteiger partial charge < -0.3 is 15.1 Å². The van der Waals surface area contributed by atoms with E-state index < -0.39 is 0 Å². The summed E-state index contributed by atoms with van der Waals surface area (Å²) in [6, 6.07) is 12.0. The molecule has 2 amide bonds. The number of urea groups is 1. The number of amides is 2. The number of hydrogen-bond acceptors (Lipinski definition) is 3. The van der Waals surface area contributed by atoms with Crippen LogP contribution in [-0.4, -0.2) is 67.7 Å². The van der Waals surface area contributed by atoms with Crippen molar-refractivity contribution in [3.63, 3.8) is 0 Å². The topological polar surface area (TPSA) is 38.8 Å². The molecule has 25 heavy (non-hydrogen) atoms. The van der Waals surface area contributed by atoms with Crippen molar-refractivity contribution in [2.45, 2.75) is 37.8 Å². The molecule has 0 aromatic heterocycles. The number of para-hydroxylation sites is 1. The molecule has 4 rings (SSSR count). The average molecular weight is 342 g/mol. The molecule has 0 saturated carbocycles. The number of hydrogen-bond donors (Lipinski definition) is 1. The van der Waals surface area contributed by atoms with Gasteiger partial charge in [-0.2, -0.15) is 0 Å². The zero-order valence-corrected chi connectivity index (χ0v) is 15.2. The maximum absolute atomic E-state index is 12.6. The second kappa shape index (κ2) is 7.24. The first-order valence-electron chi connectivity index (χ1n) is 9.75. The molecule has 136 valence electrons. The molecule has 3 atom stereocenters. The summed E-state index contributed by atoms with van der Waals surface area (Å²) in [6.45, 7) is 4.71. The summed E-state index contributed by atoms with van der Waals surface area (Å²) in [5, 5.41) is 3.21. The Labute approximate surface area is 151 Å². The molecule has 3 heterocycles. The summed E-state index contributed by atoms with van der Waals surface area (Å²) in [5.41, 5.74) is 1.29. The number of benzene rings is 1. The van der Waals surface area contributed by atoms with E-state index in [9.17, 15) is 4.79 Å². The smallest absolute Gasteiger partial charge is 0.317 e. The molecule has 3 saturated heterocycles. The molecule has 5 nitrogen and oxygen atoms in total. The first-order chi connectivity index (χ1) is 12.2. The summed E-state index contributed by atoms with van der Waals surface area (Å²) < 4.78 is 0. The molecule has 0 radical (unpaired) electrons. The standard InChI is InChI=1S/C20H30N4O/c1-22-17-7-8-19(22)15-24(12-10-17)20(25)21-13-16-9-11-23(14-16)18-5-3-2-4-6-18/h2-6,16-17,19H,7-15H2,1H3,(H,21,25)/t16-,17-,19-/m0/s1. The van der Waals surface area contributed by atoms with E-state index in [1.807, 2.05) is 4.90 Å². The van der Waals surface area contributed by atoms with Crippen LogP contribution in [0.3, 0.4) is 0 Å². The summed E-state index contributed by atoms with van der Waals surface area (Å²) >= 11 is 0. The highest BCUT2D eigenvalue weighted by atomic mass is 16.2. The van der Waals surface area contributed by atoms with E-state index in [0.29, 0.717) is 18.0 Å². The number of likely N-dealkylation sites (tertiary alicyclic amines) is 1. The van der Waals surface area contributed by atoms with Crippen molar-refractivity contribution in [2.24, 2.45) is 5.92 Å². The van der Waals surface area contributed by atoms with E-state index in [4.69, 9.17) is 0 Å². The van der Waals surface area contributed by atoms with Crippen LogP contribution in [0.4, 0.5) is 10.5 Å². The fourth-order valence-corrected chi connectivity index (χ4v) is 4.71. The van der Waals surface area contributed by atoms with Crippen LogP contribution < -0.4 is 10.2 Å². The Morgan fingerprint density at radius 3 is 2.68 bits per heavy atom. The van der Waals surface area contributed by atoms with E-state index in [2.05, 4.69) is 52.5 Å². The van der Waals surface area contributed by atoms with E-state index in [-0.39, 0.29) is 6.03 Å². The SMILES string of the molecule is CN1[C@H]2CC[C@H]1CN(C(=O)NC[C@@H]1CCN(c3ccccc3)C1)CC2. The maximum Gasteiger partial charge on any atom is 0.317 e. The van der Waals surface area contributed by atoms with Gasteiger partial charge in [-0.3, -0.25) is 4.90 Å². The molecule has 3 aliphatic rings. The number of anilines is 1. The van der Waals surface area contributed by atoms with Crippen LogP contribution in [0.25, 0.3) is 0 Å². The highest BCUT2D eigenvalue weighted by Crippen LogP contribution is 2.28. The lowest BCUT2D eigenvalue weighted by Crippen LogP contribution is -2.46. The Balaban J connectivity index is 1.25. The van der Waals surface area contributed by atoms with Gasteiger partial charge in [-0.05, 0) is 50.8 Å². The Bertz CT molecular complexity index is 593. The number of likely N-dealkylation sites (N-methyl/N-ethyl adjacent to an activating group) is 1. The molecule has 1 N–H and O–H groups in total. The van der Waals surface area contributed by atoms with Crippen molar-refractivity contribution in [1.29, 1.82) is 0 Å². The van der Waals surface area contributed by atoms with E-state index in [1.54, 1.807) is 0 Å². The zero-order valence-electron chi connectivity index (χ0n) is 15.2. The van der Waals surface area contributed by atoms with Crippen molar-refractivity contribution in [1.82, 2.24) is 15.1 Å². The molecular formula is C20H30N4O. The fraction of sp³-hybridized carbons (Fsp3) is 0.650. The quantitative estimate of drug-likeness (QED) is 0.917. The van der Waals surface area contributed by atoms with Crippen LogP contribution in [0, 0.1) is 5.92 Å². The van der Waals surface area contributed by atoms with E-state index >= 15 is 0 Å². The molecule has 3 fully saturated rings. The van der Waals surface area contributed by atoms with Gasteiger partial charge in [0.1, 0.15) is 0 Å². The lowest BCUT2D eigenvalue weighted by molar-refractivity contribution is 0.187. The van der Waals surface area contributed by atoms with Crippen LogP contribution in [0.5, 0.6) is 0 Å². The third kappa shape index (κ3) is 3.61. The minimum absolute atomic E-state index is 0.138. The number of fused-ring (bicyclic) bond motifs is 2. The highest BCUT2D eigenvalue weighted by Gasteiger charge is 2.36. The Morgan fingerprint density at radius 2 is 1.84 bits per heavy atom. The van der Waals surface area contributed by atoms with Crippen LogP contribution in [-0.2, 0) is 0 Å². The minimum atomic E-state index is 0.138. The summed E-state index contributed by atoms with van der Waals surface area (Å²) in [5.74, 6) is 0.551. The number of rotatable bonds is 3. The molecule has 0 aliphatic carbocycles. The van der Waals surface area contributed by atoms with Gasteiger partial charge in [0.05, 0.1) is 0 Å². The van der Waals surface area contributed by atoms with Crippen LogP contribution in [0.2, 0.25) is 0 Å². The Hall–Kier alpha value is -1.75. The van der Waals surface area contributed by atoms with Gasteiger partial charge in [-0.15, -0.1) is 0 Å². The minimum Gasteiger partial charge on any atom is -0.371 e. The fourth-order valence-electron chi connectivity index (χ4n) is 4.71. The molecule has 5 heteroatoms. The second-order valence-electron chi connectivity index (χ2n) is 7.91. The number of nitrogens with one attached hydrogen (secondary N) is 1. The zero-order chi connectivity index (χ0) is 17.2. The van der Waals surface area contributed by atoms with Crippen molar-refractivity contribution in [3.05, 3.63) is 30.3 Å². The van der Waals surface area contributed by atoms with Gasteiger partial charge in [0.15, 0.2) is 0 Å². The predicted octanol–water partition coefficient (Wildman–Crippen LogP) is 2.39. The van der Waals surface area contributed by atoms with Crippen molar-refractivity contribution in [2.75, 3.05) is 44.7 Å². The Kier molecular flexibility index (Phi) is 4.84. The summed E-state index contributed by atoms with van der Waals surface area (Å²) in [6.07, 6.45) is 4.81. The van der Waals surface area contributed by atoms with E-state index in [1.165, 1.54) is 18.5 Å². The van der Waals surface area contributed by atoms with Crippen LogP contribution in [0.1, 0.15) is 25.7 Å². The third-order valence-corrected chi connectivity index (χ3v) is 6.38. The second-order valence-corrected chi connectivity index (χ2v) is 7.91. The lowest BCUT2D eigenvalue weighted by atomic mass is 10.1. The van der Waals surface area contributed by atoms with Gasteiger partial charge in [0.25, 0.3) is 0 Å². The van der Waals surface area contributed by atoms with Crippen LogP contribution >= 0.6 is 0 Å². The van der Waals surface area contributed by atoms with Gasteiger partial charge in [0.2, 0.25) is 0 Å². The molecule has 0 unspecified atom stereocenters. The van der Waals surface area contributed by atoms with E-state index in [0.717, 1.165) is 45.6 Å². The first-order valence-corrected chi connectivity index (χ1v) is 9.75. The van der Waals surface area contributed by atoms with Crippen molar-refractivity contribution >= 4 is 11.7 Å². The highest BCUT2D eigenvalue weighted by molar-refractivity contribution is 5.74. The van der Waals surface area contributed by atoms with Gasteiger partial charge in [-0.1, -0.05) is 18.2 Å². The molecule has 3 aliphatic heterocycles. The van der Waals surface area contributed by atoms with Gasteiger partial charge >= 0.3 is 6.03 Å². The van der Waals surface area contributed by atoms with Crippen LogP contribution in [0.15, 0.2) is 30.3 Å². The average Bonchev–Trinajstić information content (AvgIpc) is 3.18. The molecule has 0 spiro atoms. The van der Waals surface area contributed by atoms with Gasteiger partial charge in [0, 0.05) is 50.5 Å². The summed E-state index contributed by atoms with van der Waals surface area (Å²) in [4.78, 5) is 19.6. The molecular weight excluding hydrogens is 312 g/mol. The lowest BCUT2D eigenvalue weighted by Gasteiger charge is -2.26. The third-order valence-electron chi connectivity index (χ3n) is 6.38. The van der Waals surface area contributed by atoms with Crippen molar-refractivity contribution < 1.29 is 4.79 Å². The first kappa shape index (κ1) is 16.7. The van der Waals surface area contributed by atoms with Crippen molar-refractivity contribution in [3.8, 4) is 0 Å². The monoisotopic (exact) mass is 342 g/mol. The number of nitrogens with zero attached hydrogens (tertiary/aromatic N) is 3. The molecule has 2 bridgehead atoms. The number of carbonyl (C=O) groups excluding carboxylic acids is 1. The molecule has 1 aromatic carbocycles. The summed E-state index contributed by atoms with van der Waals surface area (Å²) in [7, 11) is 2.22. The Morgan fingerprint density at radius 1 is 1.04 bits per heavy atom. The number of carbonyl (C=O) groups is 1. The molecule has 1 aromatic rings. The van der Waals surface area contributed by atoms with Gasteiger partial charge in [-0.25, -0.2) is 4.79 Å². The normalized spacial score (nSPS) is 29.7. The largest absolute Gasteiger partial charge is 0.371 e. The predicted molar refractivity (Wildman–Crippen MR) is 101 cm³/mol.